The van der Waals surface area contributed by atoms with Crippen molar-refractivity contribution in [2.75, 3.05) is 11.1 Å². The zero-order valence-corrected chi connectivity index (χ0v) is 16.7. The second-order valence-corrected chi connectivity index (χ2v) is 8.43. The molecule has 2 bridgehead atoms. The molecule has 0 saturated carbocycles. The summed E-state index contributed by atoms with van der Waals surface area (Å²) in [6, 6.07) is 19.0. The Hall–Kier alpha value is -2.86. The molecule has 3 aromatic rings. The lowest BCUT2D eigenvalue weighted by molar-refractivity contribution is 0.124. The molecule has 2 aromatic carbocycles. The van der Waals surface area contributed by atoms with E-state index in [1.165, 1.54) is 36.8 Å². The highest BCUT2D eigenvalue weighted by atomic mass is 16.6. The summed E-state index contributed by atoms with van der Waals surface area (Å²) in [4.78, 5) is 2.72. The number of nitrogens with one attached hydrogen (secondary N) is 1. The van der Waals surface area contributed by atoms with Gasteiger partial charge in [-0.3, -0.25) is 4.90 Å². The zero-order chi connectivity index (χ0) is 19.8. The Labute approximate surface area is 171 Å². The van der Waals surface area contributed by atoms with Gasteiger partial charge in [0.05, 0.1) is 0 Å². The van der Waals surface area contributed by atoms with Gasteiger partial charge in [-0.2, -0.15) is 0 Å². The molecule has 3 heterocycles. The van der Waals surface area contributed by atoms with E-state index < -0.39 is 0 Å². The van der Waals surface area contributed by atoms with E-state index in [1.807, 2.05) is 12.1 Å². The summed E-state index contributed by atoms with van der Waals surface area (Å²) in [5.74, 6) is 0.324. The molecule has 2 atom stereocenters. The molecule has 0 amide bonds. The van der Waals surface area contributed by atoms with E-state index in [1.54, 1.807) is 0 Å². The maximum atomic E-state index is 5.85. The normalized spacial score (nSPS) is 24.0. The molecule has 2 fully saturated rings. The highest BCUT2D eigenvalue weighted by Crippen LogP contribution is 2.38. The number of anilines is 2. The average Bonchev–Trinajstić information content (AvgIpc) is 3.24. The summed E-state index contributed by atoms with van der Waals surface area (Å²) in [7, 11) is 0. The van der Waals surface area contributed by atoms with Crippen LogP contribution in [0.2, 0.25) is 0 Å². The Morgan fingerprint density at radius 3 is 2.52 bits per heavy atom. The lowest BCUT2D eigenvalue weighted by Gasteiger charge is -2.39. The van der Waals surface area contributed by atoms with Crippen LogP contribution in [0.4, 0.5) is 11.5 Å². The van der Waals surface area contributed by atoms with Gasteiger partial charge < -0.3 is 11.1 Å². The maximum Gasteiger partial charge on any atom is 0.196 e. The Morgan fingerprint density at radius 2 is 1.83 bits per heavy atom. The van der Waals surface area contributed by atoms with Crippen molar-refractivity contribution in [3.63, 3.8) is 0 Å². The molecule has 2 unspecified atom stereocenters. The molecule has 2 aliphatic heterocycles. The smallest absolute Gasteiger partial charge is 0.196 e. The fourth-order valence-corrected chi connectivity index (χ4v) is 4.94. The number of nitrogens with two attached hydrogens (primary N) is 1. The second-order valence-electron chi connectivity index (χ2n) is 8.43. The number of fused-ring (bicyclic) bond motifs is 2. The van der Waals surface area contributed by atoms with Crippen LogP contribution in [0.5, 0.6) is 0 Å². The molecule has 150 valence electrons. The number of nitrogens with zero attached hydrogens (tertiary/aromatic N) is 3. The fourth-order valence-electron chi connectivity index (χ4n) is 4.94. The van der Waals surface area contributed by atoms with Crippen molar-refractivity contribution < 1.29 is 4.63 Å². The predicted molar refractivity (Wildman–Crippen MR) is 114 cm³/mol. The third-order valence-corrected chi connectivity index (χ3v) is 6.39. The minimum atomic E-state index is 0.324. The van der Waals surface area contributed by atoms with Crippen LogP contribution in [0, 0.1) is 6.92 Å². The largest absolute Gasteiger partial charge is 0.382 e. The predicted octanol–water partition coefficient (Wildman–Crippen LogP) is 4.23. The summed E-state index contributed by atoms with van der Waals surface area (Å²) in [6.07, 6.45) is 4.96. The SMILES string of the molecule is Cc1ccc(CN2C3CCC2CC(Nc2cccc(-c4nonc4N)c2)C3)cc1. The number of hydrogen-bond acceptors (Lipinski definition) is 6. The number of aromatic nitrogens is 2. The first-order chi connectivity index (χ1) is 14.2. The van der Waals surface area contributed by atoms with Crippen molar-refractivity contribution in [2.45, 2.75) is 57.3 Å². The number of nitrogen functional groups attached to an aromatic ring is 1. The van der Waals surface area contributed by atoms with Crippen LogP contribution in [0.3, 0.4) is 0 Å². The fraction of sp³-hybridized carbons (Fsp3) is 0.391. The molecule has 29 heavy (non-hydrogen) atoms. The van der Waals surface area contributed by atoms with Gasteiger partial charge in [-0.25, -0.2) is 4.63 Å². The Balaban J connectivity index is 1.26. The monoisotopic (exact) mass is 389 g/mol. The van der Waals surface area contributed by atoms with E-state index in [0.29, 0.717) is 29.6 Å². The summed E-state index contributed by atoms with van der Waals surface area (Å²) in [5, 5.41) is 11.3. The molecular formula is C23H27N5O. The average molecular weight is 390 g/mol. The minimum Gasteiger partial charge on any atom is -0.382 e. The number of benzene rings is 2. The first-order valence-electron chi connectivity index (χ1n) is 10.4. The maximum absolute atomic E-state index is 5.85. The lowest BCUT2D eigenvalue weighted by Crippen LogP contribution is -2.46. The van der Waals surface area contributed by atoms with Crippen LogP contribution >= 0.6 is 0 Å². The van der Waals surface area contributed by atoms with Gasteiger partial charge in [0.2, 0.25) is 0 Å². The molecule has 2 saturated heterocycles. The van der Waals surface area contributed by atoms with Crippen LogP contribution in [-0.2, 0) is 6.54 Å². The van der Waals surface area contributed by atoms with Gasteiger partial charge >= 0.3 is 0 Å². The van der Waals surface area contributed by atoms with E-state index in [9.17, 15) is 0 Å². The van der Waals surface area contributed by atoms with Crippen molar-refractivity contribution in [1.82, 2.24) is 15.2 Å². The number of hydrogen-bond donors (Lipinski definition) is 2. The van der Waals surface area contributed by atoms with Crippen molar-refractivity contribution in [2.24, 2.45) is 0 Å². The molecule has 0 aliphatic carbocycles. The molecule has 0 radical (unpaired) electrons. The van der Waals surface area contributed by atoms with Gasteiger partial charge in [0.1, 0.15) is 0 Å². The number of aryl methyl sites for hydroxylation is 1. The second kappa shape index (κ2) is 7.52. The van der Waals surface area contributed by atoms with E-state index in [-0.39, 0.29) is 0 Å². The van der Waals surface area contributed by atoms with Gasteiger partial charge in [-0.1, -0.05) is 42.0 Å². The highest BCUT2D eigenvalue weighted by molar-refractivity contribution is 5.72. The third kappa shape index (κ3) is 3.72. The van der Waals surface area contributed by atoms with Crippen LogP contribution in [0.1, 0.15) is 36.8 Å². The minimum absolute atomic E-state index is 0.324. The van der Waals surface area contributed by atoms with Gasteiger partial charge in [0, 0.05) is 35.9 Å². The molecule has 6 heteroatoms. The quantitative estimate of drug-likeness (QED) is 0.680. The van der Waals surface area contributed by atoms with Crippen molar-refractivity contribution in [1.29, 1.82) is 0 Å². The summed E-state index contributed by atoms with van der Waals surface area (Å²) in [5.41, 5.74) is 11.2. The van der Waals surface area contributed by atoms with Crippen molar-refractivity contribution in [3.05, 3.63) is 59.7 Å². The van der Waals surface area contributed by atoms with Crippen LogP contribution in [0.15, 0.2) is 53.2 Å². The van der Waals surface area contributed by atoms with E-state index >= 15 is 0 Å². The van der Waals surface area contributed by atoms with Gasteiger partial charge in [0.15, 0.2) is 11.5 Å². The van der Waals surface area contributed by atoms with Gasteiger partial charge in [-0.05, 0) is 60.6 Å². The summed E-state index contributed by atoms with van der Waals surface area (Å²) < 4.78 is 4.74. The Kier molecular flexibility index (Phi) is 4.72. The highest BCUT2D eigenvalue weighted by Gasteiger charge is 2.40. The number of piperidine rings is 1. The first-order valence-corrected chi connectivity index (χ1v) is 10.4. The van der Waals surface area contributed by atoms with Crippen LogP contribution < -0.4 is 11.1 Å². The van der Waals surface area contributed by atoms with Gasteiger partial charge in [-0.15, -0.1) is 0 Å². The van der Waals surface area contributed by atoms with Crippen LogP contribution in [0.25, 0.3) is 11.3 Å². The standard InChI is InChI=1S/C23H27N5O/c1-15-5-7-16(8-6-15)14-28-20-9-10-21(28)13-19(12-20)25-18-4-2-3-17(11-18)22-23(24)27-29-26-22/h2-8,11,19-21,25H,9-10,12-14H2,1H3,(H2,24,27). The number of rotatable bonds is 5. The summed E-state index contributed by atoms with van der Waals surface area (Å²) >= 11 is 0. The molecule has 6 nitrogen and oxygen atoms in total. The van der Waals surface area contributed by atoms with Gasteiger partial charge in [0.25, 0.3) is 0 Å². The first kappa shape index (κ1) is 18.2. The molecule has 3 N–H and O–H groups in total. The zero-order valence-electron chi connectivity index (χ0n) is 16.7. The van der Waals surface area contributed by atoms with Crippen LogP contribution in [-0.4, -0.2) is 33.3 Å². The Bertz CT molecular complexity index is 969. The molecule has 5 rings (SSSR count). The van der Waals surface area contributed by atoms with E-state index in [0.717, 1.165) is 17.8 Å². The van der Waals surface area contributed by atoms with E-state index in [2.05, 4.69) is 63.9 Å². The summed E-state index contributed by atoms with van der Waals surface area (Å²) in [6.45, 7) is 3.21. The topological polar surface area (TPSA) is 80.2 Å². The van der Waals surface area contributed by atoms with Crippen molar-refractivity contribution >= 4 is 11.5 Å². The van der Waals surface area contributed by atoms with Crippen molar-refractivity contribution in [3.8, 4) is 11.3 Å². The Morgan fingerprint density at radius 1 is 1.07 bits per heavy atom. The molecule has 1 aromatic heterocycles. The molecule has 2 aliphatic rings. The molecule has 0 spiro atoms. The molecular weight excluding hydrogens is 362 g/mol. The van der Waals surface area contributed by atoms with E-state index in [4.69, 9.17) is 10.4 Å². The third-order valence-electron chi connectivity index (χ3n) is 6.39. The lowest BCUT2D eigenvalue weighted by atomic mass is 9.96.